The van der Waals surface area contributed by atoms with Gasteiger partial charge in [-0.3, -0.25) is 0 Å². The molecule has 4 atom stereocenters. The van der Waals surface area contributed by atoms with Gasteiger partial charge in [0.1, 0.15) is 0 Å². The third-order valence-corrected chi connectivity index (χ3v) is 8.43. The molecule has 2 heteroatoms. The largest absolute Gasteiger partial charge is 0.478 e. The molecule has 0 aromatic rings. The van der Waals surface area contributed by atoms with E-state index in [2.05, 4.69) is 13.8 Å². The summed E-state index contributed by atoms with van der Waals surface area (Å²) >= 11 is 0. The van der Waals surface area contributed by atoms with Crippen LogP contribution >= 0.6 is 0 Å². The van der Waals surface area contributed by atoms with Crippen molar-refractivity contribution in [3.63, 3.8) is 0 Å². The molecule has 2 nitrogen and oxygen atoms in total. The zero-order valence-corrected chi connectivity index (χ0v) is 14.2. The Bertz CT molecular complexity index is 528. The first-order chi connectivity index (χ1) is 10.5. The molecule has 3 fully saturated rings. The second kappa shape index (κ2) is 4.85. The van der Waals surface area contributed by atoms with Crippen LogP contribution in [-0.4, -0.2) is 11.1 Å². The van der Waals surface area contributed by atoms with E-state index in [4.69, 9.17) is 0 Å². The molecule has 4 unspecified atom stereocenters. The van der Waals surface area contributed by atoms with E-state index in [9.17, 15) is 9.90 Å². The Hall–Kier alpha value is -0.790. The van der Waals surface area contributed by atoms with E-state index in [1.54, 1.807) is 0 Å². The minimum atomic E-state index is -0.627. The summed E-state index contributed by atoms with van der Waals surface area (Å²) in [5, 5.41) is 9.69. The fourth-order valence-electron chi connectivity index (χ4n) is 7.43. The molecule has 3 saturated carbocycles. The van der Waals surface area contributed by atoms with Crippen LogP contribution in [0.2, 0.25) is 0 Å². The Morgan fingerprint density at radius 2 is 1.82 bits per heavy atom. The van der Waals surface area contributed by atoms with E-state index in [1.807, 2.05) is 0 Å². The van der Waals surface area contributed by atoms with Gasteiger partial charge in [0.05, 0.1) is 0 Å². The lowest BCUT2D eigenvalue weighted by Gasteiger charge is -2.58. The number of rotatable bonds is 2. The summed E-state index contributed by atoms with van der Waals surface area (Å²) in [6.45, 7) is 4.99. The lowest BCUT2D eigenvalue weighted by molar-refractivity contribution is -0.132. The Morgan fingerprint density at radius 3 is 2.50 bits per heavy atom. The number of fused-ring (bicyclic) bond motifs is 1. The zero-order chi connectivity index (χ0) is 15.5. The average molecular weight is 302 g/mol. The number of carboxylic acids is 1. The molecular weight excluding hydrogens is 272 g/mol. The van der Waals surface area contributed by atoms with Gasteiger partial charge in [-0.2, -0.15) is 0 Å². The third kappa shape index (κ3) is 1.59. The molecule has 4 rings (SSSR count). The van der Waals surface area contributed by atoms with Gasteiger partial charge in [0, 0.05) is 11.0 Å². The molecule has 4 aliphatic rings. The molecule has 22 heavy (non-hydrogen) atoms. The SMILES string of the molecule is CC1CCC2CC3=C(C(=O)O)CCC31C2(C)C1CCCCC1. The maximum Gasteiger partial charge on any atom is 0.331 e. The van der Waals surface area contributed by atoms with Crippen molar-refractivity contribution in [2.75, 3.05) is 0 Å². The number of allylic oxidation sites excluding steroid dienone is 1. The molecule has 122 valence electrons. The molecule has 4 aliphatic carbocycles. The van der Waals surface area contributed by atoms with Crippen LogP contribution in [0.25, 0.3) is 0 Å². The van der Waals surface area contributed by atoms with Crippen LogP contribution in [0.15, 0.2) is 11.1 Å². The monoisotopic (exact) mass is 302 g/mol. The quantitative estimate of drug-likeness (QED) is 0.762. The number of carboxylic acid groups (broad SMARTS) is 1. The smallest absolute Gasteiger partial charge is 0.331 e. The number of hydrogen-bond donors (Lipinski definition) is 1. The Morgan fingerprint density at radius 1 is 1.09 bits per heavy atom. The minimum Gasteiger partial charge on any atom is -0.478 e. The zero-order valence-electron chi connectivity index (χ0n) is 14.2. The van der Waals surface area contributed by atoms with Crippen LogP contribution in [0, 0.1) is 28.6 Å². The average Bonchev–Trinajstić information content (AvgIpc) is 2.96. The fourth-order valence-corrected chi connectivity index (χ4v) is 7.43. The fraction of sp³-hybridized carbons (Fsp3) is 0.850. The van der Waals surface area contributed by atoms with Gasteiger partial charge >= 0.3 is 5.97 Å². The number of carbonyl (C=O) groups is 1. The molecule has 1 spiro atoms. The van der Waals surface area contributed by atoms with Crippen molar-refractivity contribution in [2.45, 2.75) is 78.1 Å². The molecule has 0 amide bonds. The lowest BCUT2D eigenvalue weighted by Crippen LogP contribution is -2.51. The predicted molar refractivity (Wildman–Crippen MR) is 87.5 cm³/mol. The van der Waals surface area contributed by atoms with Crippen molar-refractivity contribution in [3.8, 4) is 0 Å². The summed E-state index contributed by atoms with van der Waals surface area (Å²) < 4.78 is 0. The van der Waals surface area contributed by atoms with Gasteiger partial charge in [-0.25, -0.2) is 4.79 Å². The van der Waals surface area contributed by atoms with E-state index in [0.29, 0.717) is 11.3 Å². The van der Waals surface area contributed by atoms with Crippen LogP contribution in [0.4, 0.5) is 0 Å². The summed E-state index contributed by atoms with van der Waals surface area (Å²) in [4.78, 5) is 11.8. The first-order valence-electron chi connectivity index (χ1n) is 9.47. The summed E-state index contributed by atoms with van der Waals surface area (Å²) in [5.74, 6) is 1.62. The lowest BCUT2D eigenvalue weighted by atomic mass is 9.46. The first-order valence-corrected chi connectivity index (χ1v) is 9.47. The standard InChI is InChI=1S/C20H30O2/c1-13-8-9-15-12-17-16(18(21)22)10-11-20(13,17)19(15,2)14-6-4-3-5-7-14/h13-15H,3-12H2,1-2H3,(H,21,22). The van der Waals surface area contributed by atoms with Crippen LogP contribution in [0.1, 0.15) is 78.1 Å². The van der Waals surface area contributed by atoms with E-state index >= 15 is 0 Å². The highest BCUT2D eigenvalue weighted by Crippen LogP contribution is 2.75. The number of aliphatic carboxylic acids is 1. The molecule has 0 aliphatic heterocycles. The second-order valence-electron chi connectivity index (χ2n) is 8.73. The van der Waals surface area contributed by atoms with E-state index in [0.717, 1.165) is 36.7 Å². The first kappa shape index (κ1) is 14.8. The molecule has 0 aromatic heterocycles. The van der Waals surface area contributed by atoms with E-state index in [-0.39, 0.29) is 5.41 Å². The highest BCUT2D eigenvalue weighted by atomic mass is 16.4. The number of hydrogen-bond acceptors (Lipinski definition) is 1. The van der Waals surface area contributed by atoms with Crippen molar-refractivity contribution < 1.29 is 9.90 Å². The van der Waals surface area contributed by atoms with Crippen molar-refractivity contribution in [3.05, 3.63) is 11.1 Å². The summed E-state index contributed by atoms with van der Waals surface area (Å²) in [6.07, 6.45) is 12.6. The van der Waals surface area contributed by atoms with Gasteiger partial charge in [0.2, 0.25) is 0 Å². The van der Waals surface area contributed by atoms with Gasteiger partial charge in [-0.1, -0.05) is 38.7 Å². The summed E-state index contributed by atoms with van der Waals surface area (Å²) in [5.41, 5.74) is 2.80. The Kier molecular flexibility index (Phi) is 3.26. The summed E-state index contributed by atoms with van der Waals surface area (Å²) in [7, 11) is 0. The maximum atomic E-state index is 11.8. The van der Waals surface area contributed by atoms with Crippen molar-refractivity contribution in [1.29, 1.82) is 0 Å². The highest BCUT2D eigenvalue weighted by molar-refractivity contribution is 5.89. The van der Waals surface area contributed by atoms with Gasteiger partial charge < -0.3 is 5.11 Å². The Labute approximate surface area is 134 Å². The van der Waals surface area contributed by atoms with Crippen LogP contribution in [0.5, 0.6) is 0 Å². The molecule has 1 N–H and O–H groups in total. The summed E-state index contributed by atoms with van der Waals surface area (Å²) in [6, 6.07) is 0. The van der Waals surface area contributed by atoms with Crippen LogP contribution in [0.3, 0.4) is 0 Å². The molecular formula is C20H30O2. The Balaban J connectivity index is 1.85. The minimum absolute atomic E-state index is 0.228. The van der Waals surface area contributed by atoms with Crippen LogP contribution in [-0.2, 0) is 4.79 Å². The molecule has 0 saturated heterocycles. The second-order valence-corrected chi connectivity index (χ2v) is 8.73. The normalized spacial score (nSPS) is 45.2. The third-order valence-electron chi connectivity index (χ3n) is 8.43. The molecule has 0 radical (unpaired) electrons. The van der Waals surface area contributed by atoms with Gasteiger partial charge in [-0.15, -0.1) is 0 Å². The molecule has 2 bridgehead atoms. The van der Waals surface area contributed by atoms with Gasteiger partial charge in [-0.05, 0) is 68.1 Å². The molecule has 0 aromatic carbocycles. The van der Waals surface area contributed by atoms with Gasteiger partial charge in [0.25, 0.3) is 0 Å². The van der Waals surface area contributed by atoms with Crippen LogP contribution < -0.4 is 0 Å². The van der Waals surface area contributed by atoms with Gasteiger partial charge in [0.15, 0.2) is 0 Å². The maximum absolute atomic E-state index is 11.8. The highest BCUT2D eigenvalue weighted by Gasteiger charge is 2.68. The van der Waals surface area contributed by atoms with Crippen molar-refractivity contribution >= 4 is 5.97 Å². The topological polar surface area (TPSA) is 37.3 Å². The predicted octanol–water partition coefficient (Wildman–Crippen LogP) is 5.18. The molecule has 0 heterocycles. The van der Waals surface area contributed by atoms with E-state index < -0.39 is 5.97 Å². The van der Waals surface area contributed by atoms with Crippen molar-refractivity contribution in [1.82, 2.24) is 0 Å². The van der Waals surface area contributed by atoms with E-state index in [1.165, 1.54) is 50.5 Å². The van der Waals surface area contributed by atoms with Crippen molar-refractivity contribution in [2.24, 2.45) is 28.6 Å².